The number of carboxylic acids is 1. The van der Waals surface area contributed by atoms with Crippen molar-refractivity contribution in [1.82, 2.24) is 10.4 Å². The minimum atomic E-state index is -1.22. The average molecular weight is 467 g/mol. The molecule has 9 heteroatoms. The lowest BCUT2D eigenvalue weighted by atomic mass is 9.98. The zero-order chi connectivity index (χ0) is 23.4. The van der Waals surface area contributed by atoms with Crippen LogP contribution in [-0.4, -0.2) is 48.4 Å². The van der Waals surface area contributed by atoms with Gasteiger partial charge in [0.25, 0.3) is 5.91 Å². The third kappa shape index (κ3) is 4.89. The van der Waals surface area contributed by atoms with E-state index < -0.39 is 30.6 Å². The van der Waals surface area contributed by atoms with Crippen LogP contribution in [0.25, 0.3) is 11.1 Å². The van der Waals surface area contributed by atoms with Crippen LogP contribution < -0.4 is 5.32 Å². The molecule has 0 fully saturated rings. The molecule has 0 aliphatic heterocycles. The van der Waals surface area contributed by atoms with Crippen LogP contribution in [0.5, 0.6) is 0 Å². The summed E-state index contributed by atoms with van der Waals surface area (Å²) in [7, 11) is 1.30. The van der Waals surface area contributed by atoms with E-state index in [-0.39, 0.29) is 12.5 Å². The first kappa shape index (κ1) is 22.5. The number of carbonyl (C=O) groups is 3. The second kappa shape index (κ2) is 9.85. The number of ether oxygens (including phenoxy) is 1. The Balaban J connectivity index is 1.45. The molecule has 1 heterocycles. The van der Waals surface area contributed by atoms with Gasteiger partial charge in [0.1, 0.15) is 12.6 Å². The van der Waals surface area contributed by atoms with E-state index >= 15 is 0 Å². The van der Waals surface area contributed by atoms with Crippen LogP contribution in [0.2, 0.25) is 0 Å². The van der Waals surface area contributed by atoms with Crippen molar-refractivity contribution >= 4 is 29.3 Å². The average Bonchev–Trinajstić information content (AvgIpc) is 3.46. The number of hydroxylamine groups is 2. The highest BCUT2D eigenvalue weighted by Crippen LogP contribution is 2.44. The van der Waals surface area contributed by atoms with Crippen LogP contribution >= 0.6 is 11.3 Å². The van der Waals surface area contributed by atoms with Gasteiger partial charge in [0, 0.05) is 17.8 Å². The molecule has 1 aromatic heterocycles. The molecule has 8 nitrogen and oxygen atoms in total. The number of nitrogens with zero attached hydrogens (tertiary/aromatic N) is 1. The quantitative estimate of drug-likeness (QED) is 0.489. The zero-order valence-electron chi connectivity index (χ0n) is 17.8. The van der Waals surface area contributed by atoms with Gasteiger partial charge >= 0.3 is 12.1 Å². The number of rotatable bonds is 8. The third-order valence-electron chi connectivity index (χ3n) is 5.37. The molecule has 0 spiro atoms. The summed E-state index contributed by atoms with van der Waals surface area (Å²) in [6, 6.07) is 18.4. The first-order valence-electron chi connectivity index (χ1n) is 10.2. The number of thiophene rings is 1. The summed E-state index contributed by atoms with van der Waals surface area (Å²) in [6.07, 6.45) is -0.754. The molecule has 4 rings (SSSR count). The highest BCUT2D eigenvalue weighted by atomic mass is 32.1. The van der Waals surface area contributed by atoms with Crippen molar-refractivity contribution in [2.45, 2.75) is 12.0 Å². The summed E-state index contributed by atoms with van der Waals surface area (Å²) in [6.45, 7) is -0.569. The molecule has 2 N–H and O–H groups in total. The minimum Gasteiger partial charge on any atom is -0.479 e. The number of alkyl carbamates (subject to hydrolysis) is 1. The van der Waals surface area contributed by atoms with E-state index in [0.717, 1.165) is 27.3 Å². The van der Waals surface area contributed by atoms with Gasteiger partial charge in [-0.05, 0) is 33.7 Å². The summed E-state index contributed by atoms with van der Waals surface area (Å²) in [5.74, 6) is -1.94. The Hall–Kier alpha value is -3.69. The first-order chi connectivity index (χ1) is 16.0. The Labute approximate surface area is 194 Å². The molecule has 1 atom stereocenters. The molecule has 2 amide bonds. The Kier molecular flexibility index (Phi) is 6.71. The number of aliphatic carboxylic acids is 1. The van der Waals surface area contributed by atoms with E-state index in [0.29, 0.717) is 4.88 Å². The van der Waals surface area contributed by atoms with Crippen molar-refractivity contribution in [3.8, 4) is 11.1 Å². The van der Waals surface area contributed by atoms with Gasteiger partial charge in [-0.1, -0.05) is 54.6 Å². The summed E-state index contributed by atoms with van der Waals surface area (Å²) in [4.78, 5) is 41.8. The molecule has 1 unspecified atom stereocenters. The maximum atomic E-state index is 12.8. The van der Waals surface area contributed by atoms with Crippen LogP contribution in [0.4, 0.5) is 4.79 Å². The van der Waals surface area contributed by atoms with Crippen molar-refractivity contribution < 1.29 is 29.1 Å². The van der Waals surface area contributed by atoms with Crippen LogP contribution in [0.1, 0.15) is 28.0 Å². The van der Waals surface area contributed by atoms with Crippen molar-refractivity contribution in [2.75, 3.05) is 20.3 Å². The van der Waals surface area contributed by atoms with Crippen LogP contribution in [-0.2, 0) is 19.2 Å². The summed E-state index contributed by atoms with van der Waals surface area (Å²) < 4.78 is 5.55. The van der Waals surface area contributed by atoms with Gasteiger partial charge < -0.3 is 15.2 Å². The smallest absolute Gasteiger partial charge is 0.408 e. The topological polar surface area (TPSA) is 105 Å². The number of nitrogens with one attached hydrogen (secondary N) is 1. The molecule has 0 bridgehead atoms. The predicted molar refractivity (Wildman–Crippen MR) is 122 cm³/mol. The fourth-order valence-corrected chi connectivity index (χ4v) is 4.63. The van der Waals surface area contributed by atoms with Crippen molar-refractivity contribution in [3.05, 3.63) is 82.0 Å². The largest absolute Gasteiger partial charge is 0.479 e. The number of likely N-dealkylation sites (N-methyl/N-ethyl adjacent to an activating group) is 1. The van der Waals surface area contributed by atoms with Gasteiger partial charge in [0.15, 0.2) is 6.61 Å². The number of benzene rings is 2. The minimum absolute atomic E-state index is 0.108. The van der Waals surface area contributed by atoms with Crippen molar-refractivity contribution in [1.29, 1.82) is 0 Å². The molecule has 0 saturated heterocycles. The van der Waals surface area contributed by atoms with E-state index in [1.54, 1.807) is 17.5 Å². The number of fused-ring (bicyclic) bond motifs is 3. The fraction of sp³-hybridized carbons (Fsp3) is 0.208. The zero-order valence-corrected chi connectivity index (χ0v) is 18.6. The molecular formula is C24H22N2O6S. The Morgan fingerprint density at radius 3 is 2.24 bits per heavy atom. The second-order valence-electron chi connectivity index (χ2n) is 7.42. The number of carboxylic acid groups (broad SMARTS) is 1. The lowest BCUT2D eigenvalue weighted by Gasteiger charge is -2.23. The van der Waals surface area contributed by atoms with E-state index in [2.05, 4.69) is 5.32 Å². The van der Waals surface area contributed by atoms with E-state index in [1.807, 2.05) is 48.5 Å². The van der Waals surface area contributed by atoms with E-state index in [9.17, 15) is 14.4 Å². The second-order valence-corrected chi connectivity index (χ2v) is 8.40. The number of hydrogen-bond acceptors (Lipinski definition) is 6. The summed E-state index contributed by atoms with van der Waals surface area (Å²) in [5, 5.41) is 13.9. The van der Waals surface area contributed by atoms with Gasteiger partial charge in [-0.15, -0.1) is 11.3 Å². The molecule has 1 aliphatic rings. The Morgan fingerprint density at radius 1 is 1.03 bits per heavy atom. The van der Waals surface area contributed by atoms with E-state index in [4.69, 9.17) is 14.7 Å². The van der Waals surface area contributed by atoms with Crippen molar-refractivity contribution in [2.24, 2.45) is 0 Å². The molecule has 33 heavy (non-hydrogen) atoms. The van der Waals surface area contributed by atoms with Gasteiger partial charge in [-0.2, -0.15) is 0 Å². The highest BCUT2D eigenvalue weighted by molar-refractivity contribution is 7.10. The lowest BCUT2D eigenvalue weighted by molar-refractivity contribution is -0.187. The van der Waals surface area contributed by atoms with Crippen LogP contribution in [0, 0.1) is 0 Å². The molecular weight excluding hydrogens is 444 g/mol. The van der Waals surface area contributed by atoms with E-state index in [1.165, 1.54) is 18.4 Å². The Bertz CT molecular complexity index is 1120. The van der Waals surface area contributed by atoms with Crippen LogP contribution in [0.3, 0.4) is 0 Å². The van der Waals surface area contributed by atoms with Crippen LogP contribution in [0.15, 0.2) is 66.0 Å². The normalized spacial score (nSPS) is 13.0. The molecule has 170 valence electrons. The number of hydrogen-bond donors (Lipinski definition) is 2. The number of carbonyl (C=O) groups excluding carboxylic acids is 2. The lowest BCUT2D eigenvalue weighted by Crippen LogP contribution is -2.42. The van der Waals surface area contributed by atoms with Gasteiger partial charge in [-0.3, -0.25) is 9.63 Å². The molecule has 0 radical (unpaired) electrons. The molecule has 0 saturated carbocycles. The first-order valence-corrected chi connectivity index (χ1v) is 11.1. The predicted octanol–water partition coefficient (Wildman–Crippen LogP) is 3.80. The summed E-state index contributed by atoms with van der Waals surface area (Å²) >= 11 is 1.28. The van der Waals surface area contributed by atoms with Gasteiger partial charge in [0.2, 0.25) is 0 Å². The molecule has 2 aromatic carbocycles. The number of amides is 2. The summed E-state index contributed by atoms with van der Waals surface area (Å²) in [5.41, 5.74) is 4.40. The van der Waals surface area contributed by atoms with Gasteiger partial charge in [0.05, 0.1) is 0 Å². The highest BCUT2D eigenvalue weighted by Gasteiger charge is 2.31. The Morgan fingerprint density at radius 2 is 1.67 bits per heavy atom. The molecule has 1 aliphatic carbocycles. The maximum Gasteiger partial charge on any atom is 0.408 e. The maximum absolute atomic E-state index is 12.8. The monoisotopic (exact) mass is 466 g/mol. The fourth-order valence-electron chi connectivity index (χ4n) is 3.87. The third-order valence-corrected chi connectivity index (χ3v) is 6.31. The van der Waals surface area contributed by atoms with Gasteiger partial charge in [-0.25, -0.2) is 14.7 Å². The van der Waals surface area contributed by atoms with Crippen molar-refractivity contribution in [3.63, 3.8) is 0 Å². The SMILES string of the molecule is CN(OCC(=O)O)C(=O)C(NC(=O)OCC1c2ccccc2-c2ccccc21)c1cccs1. The molecule has 3 aromatic rings. The standard InChI is InChI=1S/C24H22N2O6S/c1-26(32-14-21(27)28)23(29)22(20-11-6-12-33-20)25-24(30)31-13-19-17-9-4-2-7-15(17)16-8-3-5-10-18(16)19/h2-12,19,22H,13-14H2,1H3,(H,25,30)(H,27,28).